The second-order valence-corrected chi connectivity index (χ2v) is 10.1. The van der Waals surface area contributed by atoms with Gasteiger partial charge in [-0.3, -0.25) is 13.9 Å². The molecule has 196 valence electrons. The van der Waals surface area contributed by atoms with Gasteiger partial charge in [0, 0.05) is 13.1 Å². The number of benzene rings is 3. The van der Waals surface area contributed by atoms with E-state index in [-0.39, 0.29) is 22.9 Å². The molecule has 3 aromatic carbocycles. The fourth-order valence-electron chi connectivity index (χ4n) is 3.76. The van der Waals surface area contributed by atoms with Crippen molar-refractivity contribution in [1.82, 2.24) is 10.2 Å². The Bertz CT molecular complexity index is 1320. The number of methoxy groups -OCH3 is 1. The van der Waals surface area contributed by atoms with Crippen molar-refractivity contribution < 1.29 is 27.1 Å². The van der Waals surface area contributed by atoms with Crippen molar-refractivity contribution >= 4 is 27.5 Å². The van der Waals surface area contributed by atoms with Crippen LogP contribution in [0.25, 0.3) is 0 Å². The van der Waals surface area contributed by atoms with Crippen LogP contribution in [-0.2, 0) is 26.2 Å². The number of anilines is 1. The van der Waals surface area contributed by atoms with Crippen molar-refractivity contribution in [3.05, 3.63) is 90.2 Å². The average Bonchev–Trinajstić information content (AvgIpc) is 2.91. The first-order valence-electron chi connectivity index (χ1n) is 11.7. The van der Waals surface area contributed by atoms with E-state index in [1.807, 2.05) is 0 Å². The Labute approximate surface area is 216 Å². The van der Waals surface area contributed by atoms with E-state index in [4.69, 9.17) is 4.74 Å². The number of ether oxygens (including phenoxy) is 1. The van der Waals surface area contributed by atoms with Crippen LogP contribution in [0.15, 0.2) is 83.8 Å². The lowest BCUT2D eigenvalue weighted by molar-refractivity contribution is -0.139. The van der Waals surface area contributed by atoms with E-state index in [2.05, 4.69) is 5.32 Å². The number of para-hydroxylation sites is 2. The summed E-state index contributed by atoms with van der Waals surface area (Å²) in [7, 11) is -2.79. The fourth-order valence-corrected chi connectivity index (χ4v) is 5.21. The molecule has 0 saturated carbocycles. The molecule has 0 heterocycles. The van der Waals surface area contributed by atoms with Gasteiger partial charge in [-0.05, 0) is 55.8 Å². The highest BCUT2D eigenvalue weighted by Crippen LogP contribution is 2.32. The third-order valence-electron chi connectivity index (χ3n) is 5.75. The summed E-state index contributed by atoms with van der Waals surface area (Å²) in [5, 5.41) is 2.69. The molecule has 8 nitrogen and oxygen atoms in total. The molecule has 0 aliphatic heterocycles. The van der Waals surface area contributed by atoms with Crippen molar-refractivity contribution in [3.8, 4) is 5.75 Å². The zero-order valence-electron chi connectivity index (χ0n) is 20.9. The number of likely N-dealkylation sites (N-methyl/N-ethyl adjacent to an activating group) is 1. The van der Waals surface area contributed by atoms with E-state index in [9.17, 15) is 22.4 Å². The van der Waals surface area contributed by atoms with Crippen molar-refractivity contribution in [3.63, 3.8) is 0 Å². The number of carbonyl (C=O) groups excluding carboxylic acids is 2. The normalized spacial score (nSPS) is 11.9. The Morgan fingerprint density at radius 1 is 0.973 bits per heavy atom. The molecule has 3 aromatic rings. The van der Waals surface area contributed by atoms with Crippen molar-refractivity contribution in [2.75, 3.05) is 24.5 Å². The number of nitrogens with zero attached hydrogens (tertiary/aromatic N) is 2. The van der Waals surface area contributed by atoms with Crippen LogP contribution in [0.4, 0.5) is 10.1 Å². The van der Waals surface area contributed by atoms with Gasteiger partial charge in [-0.15, -0.1) is 0 Å². The highest BCUT2D eigenvalue weighted by atomic mass is 32.2. The molecule has 0 unspecified atom stereocenters. The molecule has 0 aliphatic rings. The van der Waals surface area contributed by atoms with E-state index in [0.717, 1.165) is 4.31 Å². The lowest BCUT2D eigenvalue weighted by Gasteiger charge is -2.32. The molecule has 10 heteroatoms. The van der Waals surface area contributed by atoms with E-state index in [1.165, 1.54) is 48.4 Å². The molecule has 0 saturated heterocycles. The minimum Gasteiger partial charge on any atom is -0.495 e. The number of nitrogens with one attached hydrogen (secondary N) is 1. The first-order chi connectivity index (χ1) is 17.7. The van der Waals surface area contributed by atoms with Gasteiger partial charge in [-0.25, -0.2) is 12.8 Å². The summed E-state index contributed by atoms with van der Waals surface area (Å²) in [6.45, 7) is 3.06. The molecule has 0 spiro atoms. The molecule has 0 aliphatic carbocycles. The Hall–Kier alpha value is -3.92. The van der Waals surface area contributed by atoms with E-state index in [1.54, 1.807) is 56.3 Å². The molecule has 0 radical (unpaired) electrons. The smallest absolute Gasteiger partial charge is 0.264 e. The summed E-state index contributed by atoms with van der Waals surface area (Å²) in [5.74, 6) is -1.19. The van der Waals surface area contributed by atoms with Gasteiger partial charge in [0.1, 0.15) is 24.2 Å². The molecule has 0 bridgehead atoms. The predicted octanol–water partition coefficient (Wildman–Crippen LogP) is 3.58. The number of carbonyl (C=O) groups is 2. The Morgan fingerprint density at radius 2 is 1.59 bits per heavy atom. The highest BCUT2D eigenvalue weighted by Gasteiger charge is 2.33. The maximum Gasteiger partial charge on any atom is 0.264 e. The first-order valence-corrected chi connectivity index (χ1v) is 13.2. The summed E-state index contributed by atoms with van der Waals surface area (Å²) >= 11 is 0. The van der Waals surface area contributed by atoms with Gasteiger partial charge in [-0.1, -0.05) is 42.5 Å². The zero-order chi connectivity index (χ0) is 27.0. The summed E-state index contributed by atoms with van der Waals surface area (Å²) in [5.41, 5.74) is 0.759. The fraction of sp³-hybridized carbons (Fsp3) is 0.259. The number of amides is 2. The van der Waals surface area contributed by atoms with Gasteiger partial charge in [-0.2, -0.15) is 0 Å². The number of halogens is 1. The Kier molecular flexibility index (Phi) is 9.24. The van der Waals surface area contributed by atoms with Gasteiger partial charge in [0.15, 0.2) is 0 Å². The van der Waals surface area contributed by atoms with Crippen LogP contribution in [0.5, 0.6) is 5.75 Å². The lowest BCUT2D eigenvalue weighted by Crippen LogP contribution is -2.51. The van der Waals surface area contributed by atoms with Crippen molar-refractivity contribution in [2.45, 2.75) is 31.3 Å². The van der Waals surface area contributed by atoms with Crippen LogP contribution in [0.2, 0.25) is 0 Å². The Morgan fingerprint density at radius 3 is 2.22 bits per heavy atom. The molecule has 1 N–H and O–H groups in total. The van der Waals surface area contributed by atoms with Crippen molar-refractivity contribution in [1.29, 1.82) is 0 Å². The van der Waals surface area contributed by atoms with Crippen LogP contribution < -0.4 is 14.4 Å². The van der Waals surface area contributed by atoms with Gasteiger partial charge in [0.25, 0.3) is 10.0 Å². The number of sulfonamides is 1. The summed E-state index contributed by atoms with van der Waals surface area (Å²) in [6.07, 6.45) is 0. The highest BCUT2D eigenvalue weighted by molar-refractivity contribution is 7.92. The average molecular weight is 528 g/mol. The standard InChI is InChI=1S/C27H30FN3O5S/c1-4-29-27(33)20(2)30(18-21-14-16-22(28)17-15-21)26(32)19-31(24-12-8-9-13-25(24)36-3)37(34,35)23-10-6-5-7-11-23/h5-17,20H,4,18-19H2,1-3H3,(H,29,33)/t20-/m0/s1. The first kappa shape index (κ1) is 27.7. The summed E-state index contributed by atoms with van der Waals surface area (Å²) in [4.78, 5) is 27.7. The number of hydrogen-bond acceptors (Lipinski definition) is 5. The van der Waals surface area contributed by atoms with Gasteiger partial charge < -0.3 is 15.0 Å². The van der Waals surface area contributed by atoms with Crippen LogP contribution in [0.1, 0.15) is 19.4 Å². The minimum atomic E-state index is -4.19. The number of hydrogen-bond donors (Lipinski definition) is 1. The third-order valence-corrected chi connectivity index (χ3v) is 7.52. The zero-order valence-corrected chi connectivity index (χ0v) is 21.7. The molecule has 0 fully saturated rings. The summed E-state index contributed by atoms with van der Waals surface area (Å²) in [6, 6.07) is 18.9. The summed E-state index contributed by atoms with van der Waals surface area (Å²) < 4.78 is 47.3. The second-order valence-electron chi connectivity index (χ2n) is 8.22. The molecule has 3 rings (SSSR count). The largest absolute Gasteiger partial charge is 0.495 e. The maximum atomic E-state index is 13.8. The molecule has 2 amide bonds. The molecular weight excluding hydrogens is 497 g/mol. The second kappa shape index (κ2) is 12.4. The van der Waals surface area contributed by atoms with Gasteiger partial charge in [0.05, 0.1) is 17.7 Å². The monoisotopic (exact) mass is 527 g/mol. The van der Waals surface area contributed by atoms with Crippen molar-refractivity contribution in [2.24, 2.45) is 0 Å². The number of rotatable bonds is 11. The molecule has 0 aromatic heterocycles. The van der Waals surface area contributed by atoms with Gasteiger partial charge >= 0.3 is 0 Å². The van der Waals surface area contributed by atoms with E-state index >= 15 is 0 Å². The third kappa shape index (κ3) is 6.65. The van der Waals surface area contributed by atoms with Crippen LogP contribution in [-0.4, -0.2) is 51.4 Å². The van der Waals surface area contributed by atoms with E-state index < -0.39 is 40.2 Å². The molecule has 1 atom stereocenters. The molecular formula is C27H30FN3O5S. The SMILES string of the molecule is CCNC(=O)[C@H](C)N(Cc1ccc(F)cc1)C(=O)CN(c1ccccc1OC)S(=O)(=O)c1ccccc1. The van der Waals surface area contributed by atoms with Gasteiger partial charge in [0.2, 0.25) is 11.8 Å². The quantitative estimate of drug-likeness (QED) is 0.411. The van der Waals surface area contributed by atoms with Crippen LogP contribution >= 0.6 is 0 Å². The predicted molar refractivity (Wildman–Crippen MR) is 139 cm³/mol. The molecule has 37 heavy (non-hydrogen) atoms. The Balaban J connectivity index is 2.05. The topological polar surface area (TPSA) is 96.0 Å². The van der Waals surface area contributed by atoms with Crippen LogP contribution in [0, 0.1) is 5.82 Å². The lowest BCUT2D eigenvalue weighted by atomic mass is 10.1. The van der Waals surface area contributed by atoms with Crippen LogP contribution in [0.3, 0.4) is 0 Å². The maximum absolute atomic E-state index is 13.8. The van der Waals surface area contributed by atoms with E-state index in [0.29, 0.717) is 12.1 Å². The minimum absolute atomic E-state index is 0.00411.